The molecule has 0 aliphatic carbocycles. The highest BCUT2D eigenvalue weighted by Crippen LogP contribution is 2.14. The number of ether oxygens (including phenoxy) is 1. The fourth-order valence-electron chi connectivity index (χ4n) is 1.75. The van der Waals surface area contributed by atoms with Gasteiger partial charge in [-0.2, -0.15) is 0 Å². The van der Waals surface area contributed by atoms with Crippen LogP contribution in [0.5, 0.6) is 5.75 Å². The van der Waals surface area contributed by atoms with Gasteiger partial charge in [-0.3, -0.25) is 4.79 Å². The van der Waals surface area contributed by atoms with Gasteiger partial charge in [0, 0.05) is 0 Å². The number of benzene rings is 1. The van der Waals surface area contributed by atoms with Gasteiger partial charge in [-0.15, -0.1) is 0 Å². The summed E-state index contributed by atoms with van der Waals surface area (Å²) in [6, 6.07) is 10.9. The molecule has 0 aliphatic rings. The summed E-state index contributed by atoms with van der Waals surface area (Å²) in [5, 5.41) is 3.10. The molecule has 5 heteroatoms. The Balaban J connectivity index is 1.81. The molecule has 1 aromatic heterocycles. The first-order chi connectivity index (χ1) is 9.67. The van der Waals surface area contributed by atoms with Crippen LogP contribution in [0.4, 0.5) is 0 Å². The number of hydrogen-bond donors (Lipinski definition) is 1. The summed E-state index contributed by atoms with van der Waals surface area (Å²) in [7, 11) is 0. The third kappa shape index (κ3) is 4.31. The molecule has 0 saturated carbocycles. The van der Waals surface area contributed by atoms with Gasteiger partial charge >= 0.3 is 0 Å². The van der Waals surface area contributed by atoms with Crippen molar-refractivity contribution >= 4 is 17.5 Å². The Morgan fingerprint density at radius 2 is 2.00 bits per heavy atom. The lowest BCUT2D eigenvalue weighted by atomic mass is 10.1. The molecular weight excluding hydrogens is 278 g/mol. The Kier molecular flexibility index (Phi) is 5.07. The minimum atomic E-state index is -0.0679. The van der Waals surface area contributed by atoms with Crippen LogP contribution >= 0.6 is 11.6 Å². The van der Waals surface area contributed by atoms with Crippen LogP contribution in [-0.2, 0) is 17.8 Å². The zero-order valence-electron chi connectivity index (χ0n) is 11.2. The van der Waals surface area contributed by atoms with E-state index in [1.54, 1.807) is 12.1 Å². The van der Waals surface area contributed by atoms with Crippen molar-refractivity contribution in [3.05, 3.63) is 52.9 Å². The van der Waals surface area contributed by atoms with Crippen LogP contribution in [0, 0.1) is 0 Å². The molecule has 4 nitrogen and oxygen atoms in total. The van der Waals surface area contributed by atoms with Crippen LogP contribution in [-0.4, -0.2) is 12.5 Å². The van der Waals surface area contributed by atoms with Crippen molar-refractivity contribution in [3.63, 3.8) is 0 Å². The summed E-state index contributed by atoms with van der Waals surface area (Å²) in [5.41, 5.74) is 0.934. The van der Waals surface area contributed by atoms with E-state index in [1.165, 1.54) is 0 Å². The number of carbonyl (C=O) groups is 1. The third-order valence-electron chi connectivity index (χ3n) is 2.69. The molecule has 0 fully saturated rings. The van der Waals surface area contributed by atoms with E-state index in [4.69, 9.17) is 20.8 Å². The SMILES string of the molecule is CCOc1ccc(CC(=O)NCc2ccc(Cl)o2)cc1. The van der Waals surface area contributed by atoms with Gasteiger partial charge < -0.3 is 14.5 Å². The van der Waals surface area contributed by atoms with Gasteiger partial charge in [0.25, 0.3) is 0 Å². The summed E-state index contributed by atoms with van der Waals surface area (Å²) in [6.45, 7) is 2.90. The lowest BCUT2D eigenvalue weighted by Gasteiger charge is -2.05. The lowest BCUT2D eigenvalue weighted by molar-refractivity contribution is -0.120. The third-order valence-corrected chi connectivity index (χ3v) is 2.89. The number of carbonyl (C=O) groups excluding carboxylic acids is 1. The fraction of sp³-hybridized carbons (Fsp3) is 0.267. The lowest BCUT2D eigenvalue weighted by Crippen LogP contribution is -2.24. The van der Waals surface area contributed by atoms with Crippen LogP contribution in [0.1, 0.15) is 18.2 Å². The molecule has 20 heavy (non-hydrogen) atoms. The molecule has 0 bridgehead atoms. The molecule has 0 aliphatic heterocycles. The largest absolute Gasteiger partial charge is 0.494 e. The predicted molar refractivity (Wildman–Crippen MR) is 76.9 cm³/mol. The quantitative estimate of drug-likeness (QED) is 0.890. The maximum Gasteiger partial charge on any atom is 0.224 e. The standard InChI is InChI=1S/C15H16ClNO3/c1-2-19-12-5-3-11(4-6-12)9-15(18)17-10-13-7-8-14(16)20-13/h3-8H,2,9-10H2,1H3,(H,17,18). The monoisotopic (exact) mass is 293 g/mol. The molecule has 1 aromatic carbocycles. The highest BCUT2D eigenvalue weighted by molar-refractivity contribution is 6.28. The van der Waals surface area contributed by atoms with E-state index in [0.29, 0.717) is 30.6 Å². The molecule has 0 spiro atoms. The first-order valence-corrected chi connectivity index (χ1v) is 6.78. The average Bonchev–Trinajstić information content (AvgIpc) is 2.85. The summed E-state index contributed by atoms with van der Waals surface area (Å²) in [6.07, 6.45) is 0.320. The van der Waals surface area contributed by atoms with E-state index in [9.17, 15) is 4.79 Å². The molecule has 2 rings (SSSR count). The van der Waals surface area contributed by atoms with Crippen molar-refractivity contribution in [3.8, 4) is 5.75 Å². The number of halogens is 1. The minimum absolute atomic E-state index is 0.0679. The zero-order valence-corrected chi connectivity index (χ0v) is 11.9. The van der Waals surface area contributed by atoms with Crippen molar-refractivity contribution in [1.29, 1.82) is 0 Å². The predicted octanol–water partition coefficient (Wildman–Crippen LogP) is 3.19. The topological polar surface area (TPSA) is 51.5 Å². The first kappa shape index (κ1) is 14.5. The van der Waals surface area contributed by atoms with Gasteiger partial charge in [-0.25, -0.2) is 0 Å². The summed E-state index contributed by atoms with van der Waals surface area (Å²) >= 11 is 5.65. The fourth-order valence-corrected chi connectivity index (χ4v) is 1.91. The van der Waals surface area contributed by atoms with Gasteiger partial charge in [0.15, 0.2) is 5.22 Å². The molecule has 0 saturated heterocycles. The highest BCUT2D eigenvalue weighted by atomic mass is 35.5. The smallest absolute Gasteiger partial charge is 0.224 e. The zero-order chi connectivity index (χ0) is 14.4. The molecule has 0 unspecified atom stereocenters. The van der Waals surface area contributed by atoms with E-state index in [-0.39, 0.29) is 5.91 Å². The molecule has 0 radical (unpaired) electrons. The second-order valence-corrected chi connectivity index (χ2v) is 4.61. The van der Waals surface area contributed by atoms with Gasteiger partial charge in [0.05, 0.1) is 19.6 Å². The highest BCUT2D eigenvalue weighted by Gasteiger charge is 2.05. The number of amides is 1. The van der Waals surface area contributed by atoms with Crippen LogP contribution in [0.3, 0.4) is 0 Å². The molecule has 1 N–H and O–H groups in total. The Labute approximate surface area is 122 Å². The average molecular weight is 294 g/mol. The maximum absolute atomic E-state index is 11.8. The number of rotatable bonds is 6. The molecular formula is C15H16ClNO3. The van der Waals surface area contributed by atoms with Crippen LogP contribution in [0.25, 0.3) is 0 Å². The van der Waals surface area contributed by atoms with E-state index in [0.717, 1.165) is 11.3 Å². The number of furan rings is 1. The van der Waals surface area contributed by atoms with Gasteiger partial charge in [-0.05, 0) is 48.4 Å². The second kappa shape index (κ2) is 7.01. The molecule has 1 amide bonds. The minimum Gasteiger partial charge on any atom is -0.494 e. The Bertz CT molecular complexity index is 563. The molecule has 0 atom stereocenters. The number of nitrogens with one attached hydrogen (secondary N) is 1. The summed E-state index contributed by atoms with van der Waals surface area (Å²) in [4.78, 5) is 11.8. The van der Waals surface area contributed by atoms with Crippen molar-refractivity contribution in [2.75, 3.05) is 6.61 Å². The Morgan fingerprint density at radius 1 is 1.25 bits per heavy atom. The Morgan fingerprint density at radius 3 is 2.60 bits per heavy atom. The molecule has 2 aromatic rings. The van der Waals surface area contributed by atoms with Gasteiger partial charge in [-0.1, -0.05) is 12.1 Å². The summed E-state index contributed by atoms with van der Waals surface area (Å²) in [5.74, 6) is 1.37. The van der Waals surface area contributed by atoms with E-state index >= 15 is 0 Å². The van der Waals surface area contributed by atoms with Crippen LogP contribution in [0.15, 0.2) is 40.8 Å². The number of hydrogen-bond acceptors (Lipinski definition) is 3. The Hall–Kier alpha value is -1.94. The normalized spacial score (nSPS) is 10.3. The molecule has 1 heterocycles. The maximum atomic E-state index is 11.8. The van der Waals surface area contributed by atoms with E-state index in [1.807, 2.05) is 31.2 Å². The van der Waals surface area contributed by atoms with Gasteiger partial charge in [0.2, 0.25) is 5.91 Å². The van der Waals surface area contributed by atoms with Crippen LogP contribution < -0.4 is 10.1 Å². The van der Waals surface area contributed by atoms with Crippen molar-refractivity contribution < 1.29 is 13.9 Å². The molecule has 106 valence electrons. The van der Waals surface area contributed by atoms with E-state index in [2.05, 4.69) is 5.32 Å². The van der Waals surface area contributed by atoms with E-state index < -0.39 is 0 Å². The first-order valence-electron chi connectivity index (χ1n) is 6.40. The van der Waals surface area contributed by atoms with Gasteiger partial charge in [0.1, 0.15) is 11.5 Å². The second-order valence-electron chi connectivity index (χ2n) is 4.24. The van der Waals surface area contributed by atoms with Crippen LogP contribution in [0.2, 0.25) is 5.22 Å². The van der Waals surface area contributed by atoms with Crippen molar-refractivity contribution in [1.82, 2.24) is 5.32 Å². The van der Waals surface area contributed by atoms with Crippen molar-refractivity contribution in [2.45, 2.75) is 19.9 Å². The van der Waals surface area contributed by atoms with Crippen molar-refractivity contribution in [2.24, 2.45) is 0 Å². The summed E-state index contributed by atoms with van der Waals surface area (Å²) < 4.78 is 10.5.